The molecule has 4 heteroatoms. The van der Waals surface area contributed by atoms with E-state index >= 15 is 0 Å². The molecular formula is C14H18N2O2. The molecule has 1 aromatic carbocycles. The van der Waals surface area contributed by atoms with E-state index in [0.29, 0.717) is 0 Å². The maximum absolute atomic E-state index is 11.5. The number of nitrogens with zero attached hydrogens (tertiary/aromatic N) is 1. The lowest BCUT2D eigenvalue weighted by atomic mass is 9.96. The van der Waals surface area contributed by atoms with Crippen LogP contribution in [0.25, 0.3) is 0 Å². The third-order valence-electron chi connectivity index (χ3n) is 3.06. The summed E-state index contributed by atoms with van der Waals surface area (Å²) in [7, 11) is 0. The first kappa shape index (κ1) is 12.6. The summed E-state index contributed by atoms with van der Waals surface area (Å²) in [6.45, 7) is 0. The maximum Gasteiger partial charge on any atom is 0.433 e. The third kappa shape index (κ3) is 4.20. The van der Waals surface area contributed by atoms with Crippen LogP contribution in [0.5, 0.6) is 0 Å². The van der Waals surface area contributed by atoms with Gasteiger partial charge in [-0.25, -0.2) is 4.79 Å². The highest BCUT2D eigenvalue weighted by molar-refractivity contribution is 5.79. The van der Waals surface area contributed by atoms with Gasteiger partial charge in [-0.2, -0.15) is 0 Å². The molecule has 0 saturated heterocycles. The van der Waals surface area contributed by atoms with Crippen molar-refractivity contribution < 1.29 is 9.63 Å². The molecule has 1 saturated carbocycles. The van der Waals surface area contributed by atoms with Gasteiger partial charge in [0.25, 0.3) is 0 Å². The number of carbonyl (C=O) groups excluding carboxylic acids is 1. The van der Waals surface area contributed by atoms with Crippen molar-refractivity contribution in [1.82, 2.24) is 5.32 Å². The van der Waals surface area contributed by atoms with E-state index in [4.69, 9.17) is 4.84 Å². The van der Waals surface area contributed by atoms with E-state index in [1.54, 1.807) is 0 Å². The van der Waals surface area contributed by atoms with Crippen LogP contribution in [0.4, 0.5) is 4.79 Å². The summed E-state index contributed by atoms with van der Waals surface area (Å²) in [6.07, 6.45) is 6.76. The Kier molecular flexibility index (Phi) is 4.76. The minimum Gasteiger partial charge on any atom is -0.317 e. The van der Waals surface area contributed by atoms with Crippen LogP contribution in [0, 0.1) is 0 Å². The van der Waals surface area contributed by atoms with Gasteiger partial charge in [-0.05, 0) is 18.4 Å². The first-order valence-corrected chi connectivity index (χ1v) is 6.40. The van der Waals surface area contributed by atoms with E-state index in [1.807, 2.05) is 30.3 Å². The first-order valence-electron chi connectivity index (χ1n) is 6.40. The molecule has 4 nitrogen and oxygen atoms in total. The molecule has 1 aromatic rings. The van der Waals surface area contributed by atoms with E-state index in [2.05, 4.69) is 10.5 Å². The fourth-order valence-electron chi connectivity index (χ4n) is 2.11. The van der Waals surface area contributed by atoms with Crippen LogP contribution in [0.15, 0.2) is 35.5 Å². The van der Waals surface area contributed by atoms with Crippen molar-refractivity contribution in [2.24, 2.45) is 5.16 Å². The van der Waals surface area contributed by atoms with Gasteiger partial charge in [-0.3, -0.25) is 4.84 Å². The van der Waals surface area contributed by atoms with Gasteiger partial charge in [0.15, 0.2) is 0 Å². The molecule has 0 unspecified atom stereocenters. The topological polar surface area (TPSA) is 50.7 Å². The zero-order chi connectivity index (χ0) is 12.6. The number of amides is 1. The molecule has 0 aliphatic heterocycles. The van der Waals surface area contributed by atoms with Gasteiger partial charge in [0.2, 0.25) is 0 Å². The predicted molar refractivity (Wildman–Crippen MR) is 70.5 cm³/mol. The molecule has 1 amide bonds. The fraction of sp³-hybridized carbons (Fsp3) is 0.429. The van der Waals surface area contributed by atoms with Gasteiger partial charge >= 0.3 is 6.09 Å². The van der Waals surface area contributed by atoms with Gasteiger partial charge in [0.05, 0.1) is 6.21 Å². The summed E-state index contributed by atoms with van der Waals surface area (Å²) in [5.74, 6) is 0. The minimum absolute atomic E-state index is 0.248. The van der Waals surface area contributed by atoms with Gasteiger partial charge in [0, 0.05) is 6.04 Å². The highest BCUT2D eigenvalue weighted by Gasteiger charge is 2.16. The number of hydrogen-bond donors (Lipinski definition) is 1. The molecule has 1 aliphatic carbocycles. The van der Waals surface area contributed by atoms with E-state index in [9.17, 15) is 4.79 Å². The van der Waals surface area contributed by atoms with Crippen molar-refractivity contribution in [2.45, 2.75) is 38.1 Å². The third-order valence-corrected chi connectivity index (χ3v) is 3.06. The Morgan fingerprint density at radius 3 is 2.67 bits per heavy atom. The van der Waals surface area contributed by atoms with E-state index in [1.165, 1.54) is 25.5 Å². The van der Waals surface area contributed by atoms with Gasteiger partial charge < -0.3 is 5.32 Å². The Bertz CT molecular complexity index is 398. The van der Waals surface area contributed by atoms with Crippen LogP contribution >= 0.6 is 0 Å². The Morgan fingerprint density at radius 1 is 1.22 bits per heavy atom. The molecule has 2 rings (SSSR count). The predicted octanol–water partition coefficient (Wildman–Crippen LogP) is 3.08. The summed E-state index contributed by atoms with van der Waals surface area (Å²) < 4.78 is 0. The smallest absolute Gasteiger partial charge is 0.317 e. The Labute approximate surface area is 107 Å². The molecule has 0 aromatic heterocycles. The number of hydrogen-bond acceptors (Lipinski definition) is 3. The fourth-order valence-corrected chi connectivity index (χ4v) is 2.11. The molecule has 96 valence electrons. The molecular weight excluding hydrogens is 228 g/mol. The molecule has 0 radical (unpaired) electrons. The second-order valence-corrected chi connectivity index (χ2v) is 4.50. The minimum atomic E-state index is -0.464. The van der Waals surface area contributed by atoms with Gasteiger partial charge in [-0.1, -0.05) is 54.8 Å². The number of benzene rings is 1. The number of oxime groups is 1. The lowest BCUT2D eigenvalue weighted by molar-refractivity contribution is 0.144. The van der Waals surface area contributed by atoms with E-state index in [0.717, 1.165) is 18.4 Å². The molecule has 1 aliphatic rings. The Hall–Kier alpha value is -1.84. The van der Waals surface area contributed by atoms with Gasteiger partial charge in [0.1, 0.15) is 0 Å². The summed E-state index contributed by atoms with van der Waals surface area (Å²) >= 11 is 0. The summed E-state index contributed by atoms with van der Waals surface area (Å²) in [6, 6.07) is 9.77. The van der Waals surface area contributed by atoms with Crippen LogP contribution in [-0.4, -0.2) is 18.3 Å². The SMILES string of the molecule is O=C(NC1CCCCC1)O/N=C\c1ccccc1. The van der Waals surface area contributed by atoms with E-state index in [-0.39, 0.29) is 6.04 Å². The maximum atomic E-state index is 11.5. The van der Waals surface area contributed by atoms with Crippen molar-refractivity contribution in [1.29, 1.82) is 0 Å². The largest absolute Gasteiger partial charge is 0.433 e. The molecule has 0 spiro atoms. The molecule has 0 atom stereocenters. The standard InChI is InChI=1S/C14H18N2O2/c17-14(16-13-9-5-2-6-10-13)18-15-11-12-7-3-1-4-8-12/h1,3-4,7-8,11,13H,2,5-6,9-10H2,(H,16,17)/b15-11-. The summed E-state index contributed by atoms with van der Waals surface area (Å²) in [4.78, 5) is 16.2. The van der Waals surface area contributed by atoms with Crippen LogP contribution in [0.3, 0.4) is 0 Å². The van der Waals surface area contributed by atoms with Crippen molar-refractivity contribution in [2.75, 3.05) is 0 Å². The zero-order valence-electron chi connectivity index (χ0n) is 10.3. The lowest BCUT2D eigenvalue weighted by Gasteiger charge is -2.21. The Balaban J connectivity index is 1.72. The van der Waals surface area contributed by atoms with Crippen molar-refractivity contribution in [3.8, 4) is 0 Å². The second kappa shape index (κ2) is 6.79. The van der Waals surface area contributed by atoms with Crippen molar-refractivity contribution >= 4 is 12.3 Å². The Morgan fingerprint density at radius 2 is 1.94 bits per heavy atom. The van der Waals surface area contributed by atoms with Crippen molar-refractivity contribution in [3.63, 3.8) is 0 Å². The summed E-state index contributed by atoms with van der Waals surface area (Å²) in [5.41, 5.74) is 0.906. The number of carbonyl (C=O) groups is 1. The second-order valence-electron chi connectivity index (χ2n) is 4.50. The summed E-state index contributed by atoms with van der Waals surface area (Å²) in [5, 5.41) is 6.50. The average Bonchev–Trinajstić information content (AvgIpc) is 2.41. The average molecular weight is 246 g/mol. The van der Waals surface area contributed by atoms with E-state index < -0.39 is 6.09 Å². The molecule has 18 heavy (non-hydrogen) atoms. The monoisotopic (exact) mass is 246 g/mol. The number of nitrogens with one attached hydrogen (secondary N) is 1. The molecule has 1 N–H and O–H groups in total. The highest BCUT2D eigenvalue weighted by Crippen LogP contribution is 2.17. The molecule has 1 fully saturated rings. The number of rotatable bonds is 3. The first-order chi connectivity index (χ1) is 8.84. The van der Waals surface area contributed by atoms with Crippen molar-refractivity contribution in [3.05, 3.63) is 35.9 Å². The zero-order valence-corrected chi connectivity index (χ0v) is 10.3. The van der Waals surface area contributed by atoms with Crippen LogP contribution in [0.2, 0.25) is 0 Å². The molecule has 0 heterocycles. The molecule has 0 bridgehead atoms. The highest BCUT2D eigenvalue weighted by atomic mass is 16.7. The quantitative estimate of drug-likeness (QED) is 0.506. The normalized spacial score (nSPS) is 16.7. The van der Waals surface area contributed by atoms with Gasteiger partial charge in [-0.15, -0.1) is 0 Å². The van der Waals surface area contributed by atoms with Crippen LogP contribution in [0.1, 0.15) is 37.7 Å². The lowest BCUT2D eigenvalue weighted by Crippen LogP contribution is -2.35. The van der Waals surface area contributed by atoms with Crippen LogP contribution < -0.4 is 5.32 Å². The van der Waals surface area contributed by atoms with Crippen LogP contribution in [-0.2, 0) is 4.84 Å².